The van der Waals surface area contributed by atoms with E-state index in [9.17, 15) is 37.1 Å². The number of nitrogens with zero attached hydrogens (tertiary/aromatic N) is 6. The second kappa shape index (κ2) is 17.1. The fourth-order valence-electron chi connectivity index (χ4n) is 9.23. The van der Waals surface area contributed by atoms with Gasteiger partial charge in [-0.1, -0.05) is 35.9 Å². The van der Waals surface area contributed by atoms with Crippen molar-refractivity contribution in [2.75, 3.05) is 44.2 Å². The number of hydrogen-bond acceptors (Lipinski definition) is 11. The Balaban J connectivity index is 0.739. The number of aromatic nitrogens is 3. The van der Waals surface area contributed by atoms with E-state index in [2.05, 4.69) is 47.7 Å². The van der Waals surface area contributed by atoms with E-state index in [1.807, 2.05) is 23.1 Å². The van der Waals surface area contributed by atoms with E-state index >= 15 is 4.39 Å². The van der Waals surface area contributed by atoms with Crippen molar-refractivity contribution in [3.63, 3.8) is 0 Å². The highest BCUT2D eigenvalue weighted by Crippen LogP contribution is 2.40. The van der Waals surface area contributed by atoms with Crippen molar-refractivity contribution in [2.45, 2.75) is 88.8 Å². The lowest BCUT2D eigenvalue weighted by atomic mass is 9.92. The molecule has 0 radical (unpaired) electrons. The minimum absolute atomic E-state index is 0.00239. The molecule has 0 saturated carbocycles. The average molecular weight is 920 g/mol. The molecule has 15 nitrogen and oxygen atoms in total. The molecule has 3 aromatic carbocycles. The molecule has 3 saturated heterocycles. The second-order valence-electron chi connectivity index (χ2n) is 17.7. The maximum atomic E-state index is 15.5. The number of imide groups is 2. The molecule has 0 aliphatic carbocycles. The lowest BCUT2D eigenvalue weighted by Gasteiger charge is -2.43. The molecule has 20 heteroatoms. The van der Waals surface area contributed by atoms with Crippen LogP contribution in [0.3, 0.4) is 0 Å². The first-order valence-electron chi connectivity index (χ1n) is 21.6. The highest BCUT2D eigenvalue weighted by atomic mass is 35.5. The van der Waals surface area contributed by atoms with E-state index in [1.165, 1.54) is 6.07 Å². The van der Waals surface area contributed by atoms with Gasteiger partial charge in [-0.25, -0.2) is 9.37 Å². The van der Waals surface area contributed by atoms with Crippen molar-refractivity contribution in [3.05, 3.63) is 93.3 Å². The summed E-state index contributed by atoms with van der Waals surface area (Å²) < 4.78 is 61.7. The molecule has 4 aromatic rings. The predicted octanol–water partition coefficient (Wildman–Crippen LogP) is 4.91. The third-order valence-electron chi connectivity index (χ3n) is 13.3. The van der Waals surface area contributed by atoms with Crippen molar-refractivity contribution in [2.24, 2.45) is 0 Å². The number of hydrogen-bond donors (Lipinski definition) is 3. The summed E-state index contributed by atoms with van der Waals surface area (Å²) in [5.41, 5.74) is 1.50. The molecule has 5 aliphatic heterocycles. The van der Waals surface area contributed by atoms with Crippen LogP contribution in [-0.2, 0) is 39.3 Å². The molecule has 5 amide bonds. The van der Waals surface area contributed by atoms with Crippen molar-refractivity contribution >= 4 is 46.8 Å². The van der Waals surface area contributed by atoms with Gasteiger partial charge in [-0.2, -0.15) is 18.3 Å². The molecule has 6 heterocycles. The minimum Gasteiger partial charge on any atom is -0.480 e. The summed E-state index contributed by atoms with van der Waals surface area (Å²) in [5, 5.41) is 11.5. The number of aromatic amines is 1. The first kappa shape index (κ1) is 44.3. The number of carbonyl (C=O) groups excluding carboxylic acids is 5. The number of anilines is 1. The van der Waals surface area contributed by atoms with Gasteiger partial charge in [0.2, 0.25) is 11.8 Å². The van der Waals surface area contributed by atoms with Gasteiger partial charge in [-0.05, 0) is 87.2 Å². The summed E-state index contributed by atoms with van der Waals surface area (Å²) in [5.74, 6) is -3.43. The number of piperidine rings is 2. The van der Waals surface area contributed by atoms with Crippen molar-refractivity contribution < 1.29 is 46.3 Å². The van der Waals surface area contributed by atoms with Gasteiger partial charge in [-0.3, -0.25) is 49.1 Å². The van der Waals surface area contributed by atoms with E-state index < -0.39 is 64.9 Å². The number of rotatable bonds is 10. The molecule has 1 unspecified atom stereocenters. The molecule has 5 aliphatic rings. The number of halogens is 5. The largest absolute Gasteiger partial charge is 0.480 e. The lowest BCUT2D eigenvalue weighted by Crippen LogP contribution is -2.54. The standard InChI is InChI=1S/C45H46ClF4N9O6/c1-44(2,45(48,49)50)43-52-37(54-55-43)22-51-40(62)36-18-26-17-31(46)28(21-35(26)65-36)25-5-3-24(4-6-25)23-56-11-9-27(10-12-56)57-13-15-58(16-14-57)34-20-30-29(19-32(34)47)41(63)59(42(30)64)33-7-8-38(60)53-39(33)61/h3-6,17,19-21,27,33,36H,7-16,18,22-23H2,1-2H3,(H,51,62)(H,52,54,55)(H,53,60,61)/t33?,36-/m1/s1. The fourth-order valence-corrected chi connectivity index (χ4v) is 9.53. The molecule has 9 rings (SSSR count). The van der Waals surface area contributed by atoms with Gasteiger partial charge in [0.15, 0.2) is 11.9 Å². The maximum absolute atomic E-state index is 15.5. The van der Waals surface area contributed by atoms with Gasteiger partial charge in [0.05, 0.1) is 23.4 Å². The minimum atomic E-state index is -4.55. The zero-order valence-corrected chi connectivity index (χ0v) is 36.3. The number of alkyl halides is 3. The summed E-state index contributed by atoms with van der Waals surface area (Å²) in [7, 11) is 0. The van der Waals surface area contributed by atoms with Crippen LogP contribution in [0.1, 0.15) is 83.0 Å². The zero-order chi connectivity index (χ0) is 45.9. The quantitative estimate of drug-likeness (QED) is 0.146. The van der Waals surface area contributed by atoms with Crippen molar-refractivity contribution in [1.82, 2.24) is 40.5 Å². The van der Waals surface area contributed by atoms with E-state index in [1.54, 1.807) is 6.07 Å². The van der Waals surface area contributed by atoms with Crippen LogP contribution >= 0.6 is 11.6 Å². The fraction of sp³-hybridized carbons (Fsp3) is 0.444. The summed E-state index contributed by atoms with van der Waals surface area (Å²) in [6, 6.07) is 13.5. The van der Waals surface area contributed by atoms with Crippen LogP contribution in [0.4, 0.5) is 23.2 Å². The Hall–Kier alpha value is -5.92. The number of benzene rings is 3. The highest BCUT2D eigenvalue weighted by molar-refractivity contribution is 6.33. The molecule has 3 fully saturated rings. The number of likely N-dealkylation sites (tertiary alicyclic amines) is 1. The average Bonchev–Trinajstić information content (AvgIpc) is 3.99. The zero-order valence-electron chi connectivity index (χ0n) is 35.6. The van der Waals surface area contributed by atoms with Crippen molar-refractivity contribution in [3.8, 4) is 16.9 Å². The smallest absolute Gasteiger partial charge is 0.401 e. The predicted molar refractivity (Wildman–Crippen MR) is 227 cm³/mol. The Morgan fingerprint density at radius 3 is 2.28 bits per heavy atom. The molecule has 1 aromatic heterocycles. The van der Waals surface area contributed by atoms with Gasteiger partial charge in [-0.15, -0.1) is 0 Å². The first-order chi connectivity index (χ1) is 30.9. The molecule has 342 valence electrons. The number of carbonyl (C=O) groups is 5. The number of piperazine rings is 1. The number of fused-ring (bicyclic) bond motifs is 2. The molecular formula is C45H46ClF4N9O6. The third-order valence-corrected chi connectivity index (χ3v) is 13.6. The summed E-state index contributed by atoms with van der Waals surface area (Å²) >= 11 is 6.74. The SMILES string of the molecule is CC(C)(c1n[nH]c(CNC(=O)[C@H]2Cc3cc(Cl)c(-c4ccc(CN5CCC(N6CCN(c7cc8c(cc7F)C(=O)N(C7CCC(=O)NC7=O)C8=O)CC6)CC5)cc4)cc3O2)n1)C(F)(F)F. The van der Waals surface area contributed by atoms with Crippen LogP contribution in [0, 0.1) is 5.82 Å². The van der Waals surface area contributed by atoms with E-state index in [4.69, 9.17) is 16.3 Å². The van der Waals surface area contributed by atoms with Gasteiger partial charge in [0.25, 0.3) is 17.7 Å². The Morgan fingerprint density at radius 2 is 1.60 bits per heavy atom. The van der Waals surface area contributed by atoms with Crippen LogP contribution in [0.15, 0.2) is 48.5 Å². The van der Waals surface area contributed by atoms with Crippen LogP contribution in [-0.4, -0.2) is 123 Å². The second-order valence-corrected chi connectivity index (χ2v) is 18.1. The topological polar surface area (TPSA) is 173 Å². The Labute approximate surface area is 375 Å². The van der Waals surface area contributed by atoms with E-state index in [-0.39, 0.29) is 48.4 Å². The van der Waals surface area contributed by atoms with E-state index in [0.717, 1.165) is 79.5 Å². The van der Waals surface area contributed by atoms with Gasteiger partial charge in [0.1, 0.15) is 28.8 Å². The normalized spacial score (nSPS) is 21.1. The highest BCUT2D eigenvalue weighted by Gasteiger charge is 2.51. The molecular weight excluding hydrogens is 874 g/mol. The molecule has 3 N–H and O–H groups in total. The van der Waals surface area contributed by atoms with Crippen LogP contribution in [0.2, 0.25) is 5.02 Å². The molecule has 65 heavy (non-hydrogen) atoms. The molecule has 0 spiro atoms. The van der Waals surface area contributed by atoms with Crippen LogP contribution < -0.4 is 20.3 Å². The number of nitrogens with one attached hydrogen (secondary N) is 3. The third kappa shape index (κ3) is 8.56. The van der Waals surface area contributed by atoms with Crippen molar-refractivity contribution in [1.29, 1.82) is 0 Å². The maximum Gasteiger partial charge on any atom is 0.401 e. The number of amides is 5. The number of ether oxygens (including phenoxy) is 1. The Bertz CT molecular complexity index is 2570. The Morgan fingerprint density at radius 1 is 0.908 bits per heavy atom. The summed E-state index contributed by atoms with van der Waals surface area (Å²) in [6.07, 6.45) is -3.15. The number of H-pyrrole nitrogens is 1. The van der Waals surface area contributed by atoms with Gasteiger partial charge < -0.3 is 15.0 Å². The monoisotopic (exact) mass is 919 g/mol. The van der Waals surface area contributed by atoms with Crippen LogP contribution in [0.5, 0.6) is 5.75 Å². The van der Waals surface area contributed by atoms with E-state index in [0.29, 0.717) is 43.0 Å². The lowest BCUT2D eigenvalue weighted by molar-refractivity contribution is -0.182. The molecule has 2 atom stereocenters. The molecule has 0 bridgehead atoms. The summed E-state index contributed by atoms with van der Waals surface area (Å²) in [4.78, 5) is 75.1. The Kier molecular flexibility index (Phi) is 11.7. The first-order valence-corrected chi connectivity index (χ1v) is 21.9. The summed E-state index contributed by atoms with van der Waals surface area (Å²) in [6.45, 7) is 6.92. The van der Waals surface area contributed by atoms with Gasteiger partial charge in [0, 0.05) is 62.2 Å². The van der Waals surface area contributed by atoms with Crippen LogP contribution in [0.25, 0.3) is 11.1 Å². The van der Waals surface area contributed by atoms with Gasteiger partial charge >= 0.3 is 6.18 Å².